The first-order valence-corrected chi connectivity index (χ1v) is 5.60. The van der Waals surface area contributed by atoms with Crippen molar-refractivity contribution in [2.24, 2.45) is 0 Å². The molecule has 0 fully saturated rings. The molecule has 0 bridgehead atoms. The Balaban J connectivity index is 2.70. The highest BCUT2D eigenvalue weighted by atomic mass is 19.4. The lowest BCUT2D eigenvalue weighted by Gasteiger charge is -2.35. The van der Waals surface area contributed by atoms with Gasteiger partial charge in [-0.2, -0.15) is 13.2 Å². The summed E-state index contributed by atoms with van der Waals surface area (Å²) in [4.78, 5) is 3.75. The Bertz CT molecular complexity index is 486. The molecule has 1 heterocycles. The van der Waals surface area contributed by atoms with Gasteiger partial charge >= 0.3 is 6.18 Å². The molecule has 0 saturated heterocycles. The number of hydrogen-bond donors (Lipinski definition) is 0. The summed E-state index contributed by atoms with van der Waals surface area (Å²) in [6.45, 7) is 0. The standard InChI is InChI=1S/C14H12F3NO/c1-19-13(14(15,16)17,11-5-3-2-4-6-11)12-7-9-18-10-8-12/h2-10H,1H3. The number of nitrogens with zero attached hydrogens (tertiary/aromatic N) is 1. The number of pyridine rings is 1. The van der Waals surface area contributed by atoms with E-state index in [0.29, 0.717) is 0 Å². The fourth-order valence-corrected chi connectivity index (χ4v) is 2.10. The van der Waals surface area contributed by atoms with Crippen molar-refractivity contribution in [1.29, 1.82) is 0 Å². The zero-order valence-corrected chi connectivity index (χ0v) is 10.2. The van der Waals surface area contributed by atoms with Crippen molar-refractivity contribution in [3.05, 3.63) is 66.0 Å². The molecule has 1 unspecified atom stereocenters. The Kier molecular flexibility index (Phi) is 3.57. The van der Waals surface area contributed by atoms with Crippen LogP contribution in [0.25, 0.3) is 0 Å². The minimum Gasteiger partial charge on any atom is -0.360 e. The van der Waals surface area contributed by atoms with Gasteiger partial charge in [-0.05, 0) is 17.7 Å². The summed E-state index contributed by atoms with van der Waals surface area (Å²) in [7, 11) is 1.06. The summed E-state index contributed by atoms with van der Waals surface area (Å²) in [5.41, 5.74) is -2.43. The smallest absolute Gasteiger partial charge is 0.360 e. The maximum Gasteiger partial charge on any atom is 0.425 e. The average Bonchev–Trinajstić information content (AvgIpc) is 2.41. The van der Waals surface area contributed by atoms with Crippen LogP contribution < -0.4 is 0 Å². The van der Waals surface area contributed by atoms with Gasteiger partial charge in [-0.3, -0.25) is 4.98 Å². The van der Waals surface area contributed by atoms with Crippen LogP contribution in [-0.2, 0) is 10.3 Å². The van der Waals surface area contributed by atoms with E-state index >= 15 is 0 Å². The van der Waals surface area contributed by atoms with Crippen LogP contribution in [0.5, 0.6) is 0 Å². The van der Waals surface area contributed by atoms with Gasteiger partial charge < -0.3 is 4.74 Å². The van der Waals surface area contributed by atoms with Crippen molar-refractivity contribution in [3.63, 3.8) is 0 Å². The molecule has 1 atom stereocenters. The molecule has 0 aliphatic carbocycles. The highest BCUT2D eigenvalue weighted by Gasteiger charge is 2.58. The zero-order valence-electron chi connectivity index (χ0n) is 10.2. The molecular weight excluding hydrogens is 255 g/mol. The summed E-state index contributed by atoms with van der Waals surface area (Å²) in [5.74, 6) is 0. The normalized spacial score (nSPS) is 14.9. The molecule has 0 amide bonds. The maximum absolute atomic E-state index is 13.6. The van der Waals surface area contributed by atoms with E-state index in [0.717, 1.165) is 7.11 Å². The van der Waals surface area contributed by atoms with E-state index < -0.39 is 11.8 Å². The van der Waals surface area contributed by atoms with Gasteiger partial charge in [0, 0.05) is 25.1 Å². The molecule has 1 aromatic carbocycles. The summed E-state index contributed by atoms with van der Waals surface area (Å²) in [6, 6.07) is 10.2. The fourth-order valence-electron chi connectivity index (χ4n) is 2.10. The van der Waals surface area contributed by atoms with E-state index in [2.05, 4.69) is 4.98 Å². The maximum atomic E-state index is 13.6. The Morgan fingerprint density at radius 2 is 1.42 bits per heavy atom. The van der Waals surface area contributed by atoms with Gasteiger partial charge in [-0.25, -0.2) is 0 Å². The quantitative estimate of drug-likeness (QED) is 0.848. The molecule has 5 heteroatoms. The van der Waals surface area contributed by atoms with E-state index in [1.807, 2.05) is 0 Å². The summed E-state index contributed by atoms with van der Waals surface area (Å²) < 4.78 is 45.7. The first-order chi connectivity index (χ1) is 9.02. The van der Waals surface area contributed by atoms with Gasteiger partial charge in [0.05, 0.1) is 0 Å². The molecule has 1 aromatic heterocycles. The van der Waals surface area contributed by atoms with Crippen molar-refractivity contribution in [1.82, 2.24) is 4.98 Å². The zero-order chi connectivity index (χ0) is 13.9. The van der Waals surface area contributed by atoms with Crippen LogP contribution in [0.4, 0.5) is 13.2 Å². The van der Waals surface area contributed by atoms with E-state index in [9.17, 15) is 13.2 Å². The average molecular weight is 267 g/mol. The highest BCUT2D eigenvalue weighted by Crippen LogP contribution is 2.46. The van der Waals surface area contributed by atoms with Crippen molar-refractivity contribution in [2.45, 2.75) is 11.8 Å². The largest absolute Gasteiger partial charge is 0.425 e. The number of halogens is 3. The van der Waals surface area contributed by atoms with Gasteiger partial charge in [-0.15, -0.1) is 0 Å². The SMILES string of the molecule is COC(c1ccccc1)(c1ccncc1)C(F)(F)F. The third kappa shape index (κ3) is 2.21. The molecule has 0 aliphatic heterocycles. The Morgan fingerprint density at radius 3 is 1.89 bits per heavy atom. The van der Waals surface area contributed by atoms with Crippen LogP contribution in [0.2, 0.25) is 0 Å². The van der Waals surface area contributed by atoms with E-state index in [-0.39, 0.29) is 11.1 Å². The molecule has 2 aromatic rings. The van der Waals surface area contributed by atoms with Crippen molar-refractivity contribution < 1.29 is 17.9 Å². The number of rotatable bonds is 3. The molecule has 100 valence electrons. The number of aromatic nitrogens is 1. The van der Waals surface area contributed by atoms with Crippen LogP contribution in [0.3, 0.4) is 0 Å². The van der Waals surface area contributed by atoms with Crippen LogP contribution >= 0.6 is 0 Å². The van der Waals surface area contributed by atoms with Crippen LogP contribution in [0.15, 0.2) is 54.9 Å². The van der Waals surface area contributed by atoms with E-state index in [1.165, 1.54) is 36.7 Å². The monoisotopic (exact) mass is 267 g/mol. The first-order valence-electron chi connectivity index (χ1n) is 5.60. The lowest BCUT2D eigenvalue weighted by molar-refractivity contribution is -0.258. The van der Waals surface area contributed by atoms with Gasteiger partial charge in [0.1, 0.15) is 0 Å². The first kappa shape index (κ1) is 13.5. The van der Waals surface area contributed by atoms with Crippen LogP contribution in [0.1, 0.15) is 11.1 Å². The summed E-state index contributed by atoms with van der Waals surface area (Å²) in [5, 5.41) is 0. The lowest BCUT2D eigenvalue weighted by atomic mass is 9.86. The van der Waals surface area contributed by atoms with Crippen LogP contribution in [0, 0.1) is 0 Å². The second-order valence-electron chi connectivity index (χ2n) is 3.98. The topological polar surface area (TPSA) is 22.1 Å². The second-order valence-corrected chi connectivity index (χ2v) is 3.98. The van der Waals surface area contributed by atoms with Crippen LogP contribution in [-0.4, -0.2) is 18.3 Å². The van der Waals surface area contributed by atoms with Crippen molar-refractivity contribution in [2.75, 3.05) is 7.11 Å². The predicted octanol–water partition coefficient (Wildman–Crippen LogP) is 3.53. The molecule has 0 aliphatic rings. The molecule has 2 nitrogen and oxygen atoms in total. The molecule has 19 heavy (non-hydrogen) atoms. The van der Waals surface area contributed by atoms with E-state index in [1.54, 1.807) is 18.2 Å². The van der Waals surface area contributed by atoms with Gasteiger partial charge in [-0.1, -0.05) is 30.3 Å². The number of hydrogen-bond acceptors (Lipinski definition) is 2. The summed E-state index contributed by atoms with van der Waals surface area (Å²) >= 11 is 0. The number of methoxy groups -OCH3 is 1. The lowest BCUT2D eigenvalue weighted by Crippen LogP contribution is -2.45. The minimum atomic E-state index is -4.58. The Labute approximate surface area is 108 Å². The molecule has 0 radical (unpaired) electrons. The fraction of sp³-hybridized carbons (Fsp3) is 0.214. The third-order valence-electron chi connectivity index (χ3n) is 2.97. The van der Waals surface area contributed by atoms with Gasteiger partial charge in [0.25, 0.3) is 0 Å². The van der Waals surface area contributed by atoms with Gasteiger partial charge in [0.2, 0.25) is 5.60 Å². The number of alkyl halides is 3. The molecule has 0 spiro atoms. The highest BCUT2D eigenvalue weighted by molar-refractivity contribution is 5.37. The molecule has 0 saturated carbocycles. The third-order valence-corrected chi connectivity index (χ3v) is 2.97. The minimum absolute atomic E-state index is 0.00343. The Hall–Kier alpha value is -1.88. The van der Waals surface area contributed by atoms with Crippen molar-refractivity contribution in [3.8, 4) is 0 Å². The van der Waals surface area contributed by atoms with Crippen molar-refractivity contribution >= 4 is 0 Å². The molecular formula is C14H12F3NO. The van der Waals surface area contributed by atoms with E-state index in [4.69, 9.17) is 4.74 Å². The molecule has 0 N–H and O–H groups in total. The Morgan fingerprint density at radius 1 is 0.895 bits per heavy atom. The molecule has 2 rings (SSSR count). The van der Waals surface area contributed by atoms with Gasteiger partial charge in [0.15, 0.2) is 0 Å². The predicted molar refractivity (Wildman–Crippen MR) is 64.5 cm³/mol. The number of benzene rings is 1. The number of ether oxygens (including phenoxy) is 1. The summed E-state index contributed by atoms with van der Waals surface area (Å²) in [6.07, 6.45) is -1.94. The second kappa shape index (κ2) is 5.01.